The molecule has 1 aromatic rings. The van der Waals surface area contributed by atoms with Gasteiger partial charge in [-0.2, -0.15) is 0 Å². The van der Waals surface area contributed by atoms with E-state index < -0.39 is 0 Å². The number of amides is 1. The van der Waals surface area contributed by atoms with Gasteiger partial charge in [0, 0.05) is 18.5 Å². The molecule has 0 aliphatic carbocycles. The van der Waals surface area contributed by atoms with Crippen molar-refractivity contribution < 1.29 is 9.90 Å². The quantitative estimate of drug-likeness (QED) is 0.667. The number of aliphatic hydroxyl groups excluding tert-OH is 1. The minimum Gasteiger partial charge on any atom is -0.396 e. The number of aromatic nitrogens is 1. The third-order valence-corrected chi connectivity index (χ3v) is 2.12. The SMILES string of the molecule is O=C(Cc1cscn1)NCCCO. The number of carbonyl (C=O) groups excluding carboxylic acids is 1. The standard InChI is InChI=1S/C8H12N2O2S/c11-3-1-2-9-8(12)4-7-5-13-6-10-7/h5-6,11H,1-4H2,(H,9,12). The number of hydrogen-bond donors (Lipinski definition) is 2. The van der Waals surface area contributed by atoms with Gasteiger partial charge < -0.3 is 10.4 Å². The van der Waals surface area contributed by atoms with Crippen LogP contribution in [0, 0.1) is 0 Å². The molecule has 0 saturated heterocycles. The maximum Gasteiger partial charge on any atom is 0.226 e. The van der Waals surface area contributed by atoms with Crippen molar-refractivity contribution in [3.63, 3.8) is 0 Å². The summed E-state index contributed by atoms with van der Waals surface area (Å²) in [5.41, 5.74) is 2.50. The molecule has 0 saturated carbocycles. The van der Waals surface area contributed by atoms with Gasteiger partial charge in [0.2, 0.25) is 5.91 Å². The van der Waals surface area contributed by atoms with Crippen molar-refractivity contribution >= 4 is 17.2 Å². The average molecular weight is 200 g/mol. The van der Waals surface area contributed by atoms with Crippen LogP contribution in [0.25, 0.3) is 0 Å². The largest absolute Gasteiger partial charge is 0.396 e. The van der Waals surface area contributed by atoms with Gasteiger partial charge in [-0.25, -0.2) is 4.98 Å². The molecule has 5 heteroatoms. The lowest BCUT2D eigenvalue weighted by molar-refractivity contribution is -0.120. The zero-order valence-electron chi connectivity index (χ0n) is 7.19. The van der Waals surface area contributed by atoms with Crippen LogP contribution in [0.5, 0.6) is 0 Å². The van der Waals surface area contributed by atoms with Gasteiger partial charge >= 0.3 is 0 Å². The highest BCUT2D eigenvalue weighted by Gasteiger charge is 2.03. The Morgan fingerprint density at radius 3 is 3.15 bits per heavy atom. The van der Waals surface area contributed by atoms with Gasteiger partial charge in [0.1, 0.15) is 0 Å². The van der Waals surface area contributed by atoms with Crippen molar-refractivity contribution in [3.8, 4) is 0 Å². The van der Waals surface area contributed by atoms with Crippen LogP contribution in [0.3, 0.4) is 0 Å². The van der Waals surface area contributed by atoms with Crippen LogP contribution in [0.2, 0.25) is 0 Å². The molecule has 2 N–H and O–H groups in total. The maximum atomic E-state index is 11.2. The summed E-state index contributed by atoms with van der Waals surface area (Å²) < 4.78 is 0. The minimum atomic E-state index is -0.0423. The number of aliphatic hydroxyl groups is 1. The van der Waals surface area contributed by atoms with Gasteiger partial charge in [0.25, 0.3) is 0 Å². The highest BCUT2D eigenvalue weighted by atomic mass is 32.1. The van der Waals surface area contributed by atoms with Crippen molar-refractivity contribution in [2.75, 3.05) is 13.2 Å². The third kappa shape index (κ3) is 4.00. The fourth-order valence-corrected chi connectivity index (χ4v) is 1.42. The molecule has 0 aliphatic rings. The van der Waals surface area contributed by atoms with Gasteiger partial charge in [0.15, 0.2) is 0 Å². The number of nitrogens with zero attached hydrogens (tertiary/aromatic N) is 1. The molecule has 0 radical (unpaired) electrons. The lowest BCUT2D eigenvalue weighted by atomic mass is 10.3. The van der Waals surface area contributed by atoms with Crippen molar-refractivity contribution in [1.82, 2.24) is 10.3 Å². The molecule has 1 heterocycles. The Kier molecular flexibility index (Phi) is 4.42. The lowest BCUT2D eigenvalue weighted by Gasteiger charge is -2.01. The highest BCUT2D eigenvalue weighted by Crippen LogP contribution is 2.00. The van der Waals surface area contributed by atoms with E-state index in [2.05, 4.69) is 10.3 Å². The smallest absolute Gasteiger partial charge is 0.226 e. The number of rotatable bonds is 5. The Bertz CT molecular complexity index is 249. The summed E-state index contributed by atoms with van der Waals surface area (Å²) in [6.45, 7) is 0.635. The van der Waals surface area contributed by atoms with Crippen molar-refractivity contribution in [3.05, 3.63) is 16.6 Å². The first-order valence-corrected chi connectivity index (χ1v) is 5.02. The molecule has 1 rings (SSSR count). The fourth-order valence-electron chi connectivity index (χ4n) is 0.859. The van der Waals surface area contributed by atoms with E-state index in [4.69, 9.17) is 5.11 Å². The van der Waals surface area contributed by atoms with Gasteiger partial charge in [-0.1, -0.05) is 0 Å². The molecule has 4 nitrogen and oxygen atoms in total. The van der Waals surface area contributed by atoms with Crippen LogP contribution in [0.4, 0.5) is 0 Å². The summed E-state index contributed by atoms with van der Waals surface area (Å²) in [6.07, 6.45) is 0.928. The second-order valence-corrected chi connectivity index (χ2v) is 3.30. The van der Waals surface area contributed by atoms with E-state index in [-0.39, 0.29) is 12.5 Å². The van der Waals surface area contributed by atoms with Crippen molar-refractivity contribution in [2.24, 2.45) is 0 Å². The monoisotopic (exact) mass is 200 g/mol. The van der Waals surface area contributed by atoms with Crippen LogP contribution in [-0.4, -0.2) is 29.1 Å². The molecule has 0 aromatic carbocycles. The van der Waals surface area contributed by atoms with Gasteiger partial charge in [-0.15, -0.1) is 11.3 Å². The number of carbonyl (C=O) groups is 1. The Morgan fingerprint density at radius 2 is 2.54 bits per heavy atom. The van der Waals surface area contributed by atoms with Crippen molar-refractivity contribution in [1.29, 1.82) is 0 Å². The van der Waals surface area contributed by atoms with E-state index in [0.717, 1.165) is 5.69 Å². The number of thiazole rings is 1. The van der Waals surface area contributed by atoms with Crippen LogP contribution >= 0.6 is 11.3 Å². The van der Waals surface area contributed by atoms with E-state index in [1.54, 1.807) is 5.51 Å². The lowest BCUT2D eigenvalue weighted by Crippen LogP contribution is -2.26. The van der Waals surface area contributed by atoms with Crippen LogP contribution in [0.15, 0.2) is 10.9 Å². The predicted octanol–water partition coefficient (Wildman–Crippen LogP) is 0.184. The molecule has 0 fully saturated rings. The Morgan fingerprint density at radius 1 is 1.69 bits per heavy atom. The van der Waals surface area contributed by atoms with E-state index in [0.29, 0.717) is 19.4 Å². The second-order valence-electron chi connectivity index (χ2n) is 2.58. The molecule has 72 valence electrons. The van der Waals surface area contributed by atoms with Crippen LogP contribution in [-0.2, 0) is 11.2 Å². The second kappa shape index (κ2) is 5.66. The fraction of sp³-hybridized carbons (Fsp3) is 0.500. The van der Waals surface area contributed by atoms with Crippen molar-refractivity contribution in [2.45, 2.75) is 12.8 Å². The van der Waals surface area contributed by atoms with E-state index >= 15 is 0 Å². The highest BCUT2D eigenvalue weighted by molar-refractivity contribution is 7.07. The Balaban J connectivity index is 2.18. The van der Waals surface area contributed by atoms with E-state index in [1.165, 1.54) is 11.3 Å². The number of nitrogens with one attached hydrogen (secondary N) is 1. The molecule has 0 bridgehead atoms. The summed E-state index contributed by atoms with van der Waals surface area (Å²) in [6, 6.07) is 0. The normalized spacial score (nSPS) is 9.92. The topological polar surface area (TPSA) is 62.2 Å². The zero-order valence-corrected chi connectivity index (χ0v) is 8.01. The van der Waals surface area contributed by atoms with Gasteiger partial charge in [-0.05, 0) is 6.42 Å². The molecule has 1 aromatic heterocycles. The van der Waals surface area contributed by atoms with Crippen LogP contribution < -0.4 is 5.32 Å². The molecule has 13 heavy (non-hydrogen) atoms. The first-order chi connectivity index (χ1) is 6.33. The zero-order chi connectivity index (χ0) is 9.52. The maximum absolute atomic E-state index is 11.2. The first-order valence-electron chi connectivity index (χ1n) is 4.07. The predicted molar refractivity (Wildman–Crippen MR) is 50.5 cm³/mol. The molecule has 1 amide bonds. The first kappa shape index (κ1) is 10.1. The summed E-state index contributed by atoms with van der Waals surface area (Å²) in [5, 5.41) is 13.0. The molecule has 0 spiro atoms. The number of hydrogen-bond acceptors (Lipinski definition) is 4. The Labute approximate surface area is 80.6 Å². The van der Waals surface area contributed by atoms with Gasteiger partial charge in [-0.3, -0.25) is 4.79 Å². The minimum absolute atomic E-state index is 0.0423. The summed E-state index contributed by atoms with van der Waals surface area (Å²) in [7, 11) is 0. The summed E-state index contributed by atoms with van der Waals surface area (Å²) in [5.74, 6) is -0.0423. The Hall–Kier alpha value is -0.940. The summed E-state index contributed by atoms with van der Waals surface area (Å²) >= 11 is 1.48. The summed E-state index contributed by atoms with van der Waals surface area (Å²) in [4.78, 5) is 15.1. The molecular formula is C8H12N2O2S. The molecular weight excluding hydrogens is 188 g/mol. The molecule has 0 aliphatic heterocycles. The van der Waals surface area contributed by atoms with Crippen LogP contribution in [0.1, 0.15) is 12.1 Å². The average Bonchev–Trinajstić information content (AvgIpc) is 2.57. The molecule has 0 unspecified atom stereocenters. The van der Waals surface area contributed by atoms with E-state index in [1.807, 2.05) is 5.38 Å². The third-order valence-electron chi connectivity index (χ3n) is 1.48. The van der Waals surface area contributed by atoms with E-state index in [9.17, 15) is 4.79 Å². The van der Waals surface area contributed by atoms with Gasteiger partial charge in [0.05, 0.1) is 17.6 Å². The molecule has 0 atom stereocenters.